The van der Waals surface area contributed by atoms with Crippen LogP contribution in [-0.2, 0) is 19.1 Å². The molecule has 0 radical (unpaired) electrons. The van der Waals surface area contributed by atoms with Crippen LogP contribution < -0.4 is 0 Å². The van der Waals surface area contributed by atoms with E-state index in [-0.39, 0.29) is 29.6 Å². The standard InChI is InChI=1S/C15H19NO5/c1-21-15(20)10-4-5-16(7-10)13(17)11-8-2-3-9(6-8)12(11)14(18)19/h2-3,8-12H,4-7H2,1H3,(H,18,19)/t8?,9?,10?,11-,12+/m0/s1. The molecule has 2 bridgehead atoms. The van der Waals surface area contributed by atoms with Gasteiger partial charge in [0.05, 0.1) is 24.9 Å². The third kappa shape index (κ3) is 2.22. The number of rotatable bonds is 3. The van der Waals surface area contributed by atoms with Crippen molar-refractivity contribution >= 4 is 17.8 Å². The predicted octanol–water partition coefficient (Wildman–Crippen LogP) is 0.531. The Morgan fingerprint density at radius 3 is 2.48 bits per heavy atom. The molecule has 1 N–H and O–H groups in total. The predicted molar refractivity (Wildman–Crippen MR) is 72.1 cm³/mol. The third-order valence-electron chi connectivity index (χ3n) is 5.06. The Morgan fingerprint density at radius 2 is 1.86 bits per heavy atom. The highest BCUT2D eigenvalue weighted by Crippen LogP contribution is 2.49. The molecule has 1 amide bonds. The number of likely N-dealkylation sites (tertiary alicyclic amines) is 1. The van der Waals surface area contributed by atoms with Crippen molar-refractivity contribution in [1.82, 2.24) is 4.90 Å². The summed E-state index contributed by atoms with van der Waals surface area (Å²) in [5, 5.41) is 9.40. The van der Waals surface area contributed by atoms with Crippen molar-refractivity contribution in [3.8, 4) is 0 Å². The number of carbonyl (C=O) groups is 3. The van der Waals surface area contributed by atoms with Crippen molar-refractivity contribution in [2.24, 2.45) is 29.6 Å². The van der Waals surface area contributed by atoms with E-state index < -0.39 is 17.8 Å². The molecule has 0 aromatic heterocycles. The number of carboxylic acids is 1. The molecule has 1 saturated heterocycles. The van der Waals surface area contributed by atoms with Gasteiger partial charge in [-0.1, -0.05) is 12.2 Å². The second-order valence-corrected chi connectivity index (χ2v) is 6.13. The van der Waals surface area contributed by atoms with Gasteiger partial charge in [0.2, 0.25) is 5.91 Å². The SMILES string of the molecule is COC(=O)C1CCN(C(=O)[C@H]2C3C=CC(C3)[C@H]2C(=O)O)C1. The Hall–Kier alpha value is -1.85. The number of esters is 1. The van der Waals surface area contributed by atoms with Crippen LogP contribution in [0, 0.1) is 29.6 Å². The van der Waals surface area contributed by atoms with Crippen LogP contribution in [0.3, 0.4) is 0 Å². The Balaban J connectivity index is 1.72. The highest BCUT2D eigenvalue weighted by atomic mass is 16.5. The van der Waals surface area contributed by atoms with E-state index in [2.05, 4.69) is 0 Å². The molecule has 0 aromatic rings. The average molecular weight is 293 g/mol. The number of nitrogens with zero attached hydrogens (tertiary/aromatic N) is 1. The summed E-state index contributed by atoms with van der Waals surface area (Å²) in [6.07, 6.45) is 5.24. The summed E-state index contributed by atoms with van der Waals surface area (Å²) < 4.78 is 4.71. The molecule has 0 aromatic carbocycles. The van der Waals surface area contributed by atoms with Crippen LogP contribution in [0.15, 0.2) is 12.2 Å². The van der Waals surface area contributed by atoms with Crippen LogP contribution in [0.2, 0.25) is 0 Å². The number of hydrogen-bond acceptors (Lipinski definition) is 4. The quantitative estimate of drug-likeness (QED) is 0.606. The fraction of sp³-hybridized carbons (Fsp3) is 0.667. The molecule has 3 aliphatic rings. The molecule has 6 heteroatoms. The van der Waals surface area contributed by atoms with Crippen molar-refractivity contribution in [3.63, 3.8) is 0 Å². The topological polar surface area (TPSA) is 83.9 Å². The zero-order valence-corrected chi connectivity index (χ0v) is 11.9. The van der Waals surface area contributed by atoms with Gasteiger partial charge in [-0.15, -0.1) is 0 Å². The average Bonchev–Trinajstić information content (AvgIpc) is 3.19. The van der Waals surface area contributed by atoms with Gasteiger partial charge in [-0.3, -0.25) is 14.4 Å². The van der Waals surface area contributed by atoms with Crippen molar-refractivity contribution in [1.29, 1.82) is 0 Å². The van der Waals surface area contributed by atoms with Gasteiger partial charge in [0.15, 0.2) is 0 Å². The number of methoxy groups -OCH3 is 1. The van der Waals surface area contributed by atoms with Crippen LogP contribution >= 0.6 is 0 Å². The minimum Gasteiger partial charge on any atom is -0.481 e. The number of carboxylic acid groups (broad SMARTS) is 1. The van der Waals surface area contributed by atoms with Crippen LogP contribution in [0.1, 0.15) is 12.8 Å². The molecule has 6 nitrogen and oxygen atoms in total. The van der Waals surface area contributed by atoms with Crippen molar-refractivity contribution in [2.45, 2.75) is 12.8 Å². The van der Waals surface area contributed by atoms with E-state index in [1.165, 1.54) is 7.11 Å². The lowest BCUT2D eigenvalue weighted by molar-refractivity contribution is -0.151. The highest BCUT2D eigenvalue weighted by molar-refractivity contribution is 5.87. The van der Waals surface area contributed by atoms with E-state index >= 15 is 0 Å². The zero-order chi connectivity index (χ0) is 15.1. The van der Waals surface area contributed by atoms with Gasteiger partial charge < -0.3 is 14.7 Å². The van der Waals surface area contributed by atoms with E-state index in [1.807, 2.05) is 12.2 Å². The van der Waals surface area contributed by atoms with E-state index in [1.54, 1.807) is 4.90 Å². The monoisotopic (exact) mass is 293 g/mol. The van der Waals surface area contributed by atoms with Gasteiger partial charge >= 0.3 is 11.9 Å². The minimum absolute atomic E-state index is 0.0274. The summed E-state index contributed by atoms with van der Waals surface area (Å²) in [5.41, 5.74) is 0. The smallest absolute Gasteiger partial charge is 0.310 e. The highest BCUT2D eigenvalue weighted by Gasteiger charge is 2.53. The lowest BCUT2D eigenvalue weighted by Crippen LogP contribution is -2.42. The maximum absolute atomic E-state index is 12.7. The van der Waals surface area contributed by atoms with E-state index in [0.717, 1.165) is 6.42 Å². The molecular formula is C15H19NO5. The van der Waals surface area contributed by atoms with Crippen molar-refractivity contribution in [3.05, 3.63) is 12.2 Å². The number of carbonyl (C=O) groups excluding carboxylic acids is 2. The molecule has 3 rings (SSSR count). The lowest BCUT2D eigenvalue weighted by atomic mass is 9.82. The molecule has 5 atom stereocenters. The van der Waals surface area contributed by atoms with Crippen molar-refractivity contribution in [2.75, 3.05) is 20.2 Å². The number of amides is 1. The summed E-state index contributed by atoms with van der Waals surface area (Å²) >= 11 is 0. The molecule has 114 valence electrons. The van der Waals surface area contributed by atoms with Gasteiger partial charge in [-0.25, -0.2) is 0 Å². The van der Waals surface area contributed by atoms with Crippen LogP contribution in [0.5, 0.6) is 0 Å². The first-order chi connectivity index (χ1) is 10.0. The first-order valence-corrected chi connectivity index (χ1v) is 7.30. The lowest BCUT2D eigenvalue weighted by Gasteiger charge is -2.28. The summed E-state index contributed by atoms with van der Waals surface area (Å²) in [7, 11) is 1.34. The molecule has 0 spiro atoms. The van der Waals surface area contributed by atoms with E-state index in [9.17, 15) is 19.5 Å². The summed E-state index contributed by atoms with van der Waals surface area (Å²) in [4.78, 5) is 37.3. The Bertz CT molecular complexity index is 514. The maximum Gasteiger partial charge on any atom is 0.310 e. The van der Waals surface area contributed by atoms with Gasteiger partial charge in [-0.2, -0.15) is 0 Å². The van der Waals surface area contributed by atoms with Gasteiger partial charge in [0.25, 0.3) is 0 Å². The fourth-order valence-electron chi connectivity index (χ4n) is 4.03. The number of allylic oxidation sites excluding steroid dienone is 2. The Morgan fingerprint density at radius 1 is 1.19 bits per heavy atom. The minimum atomic E-state index is -0.895. The summed E-state index contributed by atoms with van der Waals surface area (Å²) in [6.45, 7) is 0.845. The summed E-state index contributed by atoms with van der Waals surface area (Å²) in [5.74, 6) is -2.69. The van der Waals surface area contributed by atoms with E-state index in [4.69, 9.17) is 4.74 Å². The Kier molecular flexibility index (Phi) is 3.47. The van der Waals surface area contributed by atoms with Crippen LogP contribution in [-0.4, -0.2) is 48.1 Å². The van der Waals surface area contributed by atoms with Gasteiger partial charge in [0.1, 0.15) is 0 Å². The molecule has 1 heterocycles. The van der Waals surface area contributed by atoms with E-state index in [0.29, 0.717) is 19.5 Å². The molecule has 1 saturated carbocycles. The number of ether oxygens (including phenoxy) is 1. The van der Waals surface area contributed by atoms with Crippen LogP contribution in [0.4, 0.5) is 0 Å². The fourth-order valence-corrected chi connectivity index (χ4v) is 4.03. The largest absolute Gasteiger partial charge is 0.481 e. The Labute approximate surface area is 122 Å². The molecular weight excluding hydrogens is 274 g/mol. The molecule has 2 fully saturated rings. The third-order valence-corrected chi connectivity index (χ3v) is 5.06. The first kappa shape index (κ1) is 14.1. The zero-order valence-electron chi connectivity index (χ0n) is 11.9. The molecule has 2 aliphatic carbocycles. The normalized spacial score (nSPS) is 37.0. The second-order valence-electron chi connectivity index (χ2n) is 6.13. The second kappa shape index (κ2) is 5.16. The van der Waals surface area contributed by atoms with Crippen molar-refractivity contribution < 1.29 is 24.2 Å². The molecule has 3 unspecified atom stereocenters. The summed E-state index contributed by atoms with van der Waals surface area (Å²) in [6, 6.07) is 0. The van der Waals surface area contributed by atoms with Crippen LogP contribution in [0.25, 0.3) is 0 Å². The molecule has 1 aliphatic heterocycles. The first-order valence-electron chi connectivity index (χ1n) is 7.30. The molecule has 21 heavy (non-hydrogen) atoms. The number of hydrogen-bond donors (Lipinski definition) is 1. The van der Waals surface area contributed by atoms with Gasteiger partial charge in [-0.05, 0) is 24.7 Å². The number of aliphatic carboxylic acids is 1. The number of fused-ring (bicyclic) bond motifs is 2. The maximum atomic E-state index is 12.7. The van der Waals surface area contributed by atoms with Gasteiger partial charge in [0, 0.05) is 13.1 Å².